The fraction of sp³-hybridized carbons (Fsp3) is 0.660. The molecule has 2 aliphatic rings. The molecule has 1 atom stereocenters. The zero-order chi connectivity index (χ0) is 46.4. The third-order valence-electron chi connectivity index (χ3n) is 12.3. The lowest BCUT2D eigenvalue weighted by Gasteiger charge is -2.24. The molecule has 2 fully saturated rings. The Morgan fingerprint density at radius 2 is 0.946 bits per heavy atom. The van der Waals surface area contributed by atoms with E-state index in [4.69, 9.17) is 4.74 Å². The topological polar surface area (TPSA) is 161 Å². The highest BCUT2D eigenvalue weighted by Crippen LogP contribution is 2.22. The predicted molar refractivity (Wildman–Crippen MR) is 331 cm³/mol. The summed E-state index contributed by atoms with van der Waals surface area (Å²) in [6, 6.07) is 24.8. The van der Waals surface area contributed by atoms with Crippen molar-refractivity contribution in [1.29, 1.82) is 0 Å². The van der Waals surface area contributed by atoms with Gasteiger partial charge in [-0.3, -0.25) is 9.80 Å². The molecule has 0 aliphatic carbocycles. The van der Waals surface area contributed by atoms with Crippen molar-refractivity contribution in [2.24, 2.45) is 0 Å². The van der Waals surface area contributed by atoms with Crippen molar-refractivity contribution in [3.8, 4) is 5.75 Å². The number of benzene rings is 3. The van der Waals surface area contributed by atoms with E-state index >= 15 is 0 Å². The molecular weight excluding hydrogens is 1110 g/mol. The minimum atomic E-state index is -0.647. The number of aryl methyl sites for hydroxylation is 1. The molecule has 0 bridgehead atoms. The molecule has 3 aromatic rings. The van der Waals surface area contributed by atoms with Gasteiger partial charge in [-0.05, 0) is 151 Å². The highest BCUT2D eigenvalue weighted by atomic mass is 35.5. The van der Waals surface area contributed by atoms with Crippen molar-refractivity contribution >= 4 is 99.3 Å². The summed E-state index contributed by atoms with van der Waals surface area (Å²) in [5.74, 6) is 0.0533. The van der Waals surface area contributed by atoms with Crippen LogP contribution in [0.15, 0.2) is 72.8 Å². The van der Waals surface area contributed by atoms with E-state index in [1.165, 1.54) is 54.9 Å². The maximum Gasteiger partial charge on any atom is 0.121 e. The van der Waals surface area contributed by atoms with Crippen molar-refractivity contribution in [3.63, 3.8) is 0 Å². The normalized spacial score (nSPS) is 16.1. The van der Waals surface area contributed by atoms with E-state index in [-0.39, 0.29) is 112 Å². The number of aliphatic hydroxyl groups is 2. The average molecular weight is 1210 g/mol. The predicted octanol–water partition coefficient (Wildman–Crippen LogP) is 7.90. The van der Waals surface area contributed by atoms with E-state index in [0.29, 0.717) is 17.7 Å². The molecule has 0 amide bonds. The SMILES string of the molecule is Cl.Cl.Cl.Cl.Cl.Cl.Cl.Cl.OCc1cc(C(O)CNCCCCCCOCCCCc2ccccc2)ccc1O.c1cc(CN2CCCNCCNCCCNCC2)ccc1CN1CCCNCCNCCCNCC1. The summed E-state index contributed by atoms with van der Waals surface area (Å²) in [5.41, 5.74) is 5.39. The highest BCUT2D eigenvalue weighted by molar-refractivity contribution is 5.86. The number of aliphatic hydroxyl groups excluding tert-OH is 2. The second-order valence-electron chi connectivity index (χ2n) is 18.0. The van der Waals surface area contributed by atoms with Gasteiger partial charge in [-0.25, -0.2) is 0 Å². The van der Waals surface area contributed by atoms with Gasteiger partial charge in [0.2, 0.25) is 0 Å². The third-order valence-corrected chi connectivity index (χ3v) is 12.3. The van der Waals surface area contributed by atoms with Crippen LogP contribution in [0.25, 0.3) is 0 Å². The molecule has 0 spiro atoms. The number of ether oxygens (including phenoxy) is 1. The first-order valence-corrected chi connectivity index (χ1v) is 25.8. The van der Waals surface area contributed by atoms with Gasteiger partial charge in [-0.2, -0.15) is 0 Å². The van der Waals surface area contributed by atoms with E-state index in [9.17, 15) is 15.3 Å². The second kappa shape index (κ2) is 57.0. The number of halogens is 8. The van der Waals surface area contributed by atoms with Crippen molar-refractivity contribution in [2.75, 3.05) is 131 Å². The van der Waals surface area contributed by atoms with Gasteiger partial charge in [0.05, 0.1) is 12.7 Å². The molecule has 1 unspecified atom stereocenters. The molecule has 13 nitrogen and oxygen atoms in total. The van der Waals surface area contributed by atoms with E-state index < -0.39 is 6.10 Å². The van der Waals surface area contributed by atoms with Crippen LogP contribution in [0.3, 0.4) is 0 Å². The van der Waals surface area contributed by atoms with Gasteiger partial charge in [0, 0.05) is 90.8 Å². The number of phenols is 1. The third kappa shape index (κ3) is 41.4. The molecule has 0 saturated carbocycles. The van der Waals surface area contributed by atoms with Crippen molar-refractivity contribution in [1.82, 2.24) is 47.0 Å². The Morgan fingerprint density at radius 1 is 0.486 bits per heavy atom. The van der Waals surface area contributed by atoms with Crippen molar-refractivity contribution < 1.29 is 20.1 Å². The van der Waals surface area contributed by atoms with Gasteiger partial charge >= 0.3 is 0 Å². The number of nitrogens with one attached hydrogen (secondary N) is 7. The van der Waals surface area contributed by atoms with Crippen LogP contribution in [0.1, 0.15) is 98.1 Å². The summed E-state index contributed by atoms with van der Waals surface area (Å²) in [7, 11) is 0. The van der Waals surface area contributed by atoms with E-state index in [1.807, 2.05) is 0 Å². The van der Waals surface area contributed by atoms with Gasteiger partial charge in [-0.15, -0.1) is 99.3 Å². The monoisotopic (exact) mass is 1210 g/mol. The van der Waals surface area contributed by atoms with E-state index in [1.54, 1.807) is 12.1 Å². The number of rotatable bonds is 20. The molecule has 2 saturated heterocycles. The minimum Gasteiger partial charge on any atom is -0.508 e. The van der Waals surface area contributed by atoms with Crippen LogP contribution >= 0.6 is 99.3 Å². The zero-order valence-corrected chi connectivity index (χ0v) is 50.5. The molecule has 2 aliphatic heterocycles. The Bertz CT molecular complexity index is 1530. The van der Waals surface area contributed by atoms with Gasteiger partial charge in [0.25, 0.3) is 0 Å². The lowest BCUT2D eigenvalue weighted by molar-refractivity contribution is 0.126. The first-order valence-electron chi connectivity index (χ1n) is 25.8. The fourth-order valence-corrected chi connectivity index (χ4v) is 8.30. The first kappa shape index (κ1) is 82.1. The smallest absolute Gasteiger partial charge is 0.121 e. The molecular formula is C53H99Cl8N9O4. The summed E-state index contributed by atoms with van der Waals surface area (Å²) in [5, 5.41) is 53.7. The van der Waals surface area contributed by atoms with Gasteiger partial charge < -0.3 is 57.3 Å². The molecule has 0 aromatic heterocycles. The Hall–Kier alpha value is -0.700. The Morgan fingerprint density at radius 3 is 1.45 bits per heavy atom. The van der Waals surface area contributed by atoms with E-state index in [2.05, 4.69) is 102 Å². The maximum absolute atomic E-state index is 10.2. The van der Waals surface area contributed by atoms with Crippen molar-refractivity contribution in [2.45, 2.75) is 96.4 Å². The molecule has 74 heavy (non-hydrogen) atoms. The second-order valence-corrected chi connectivity index (χ2v) is 18.0. The van der Waals surface area contributed by atoms with Crippen LogP contribution in [0.4, 0.5) is 0 Å². The summed E-state index contributed by atoms with van der Waals surface area (Å²) in [4.78, 5) is 5.23. The zero-order valence-electron chi connectivity index (χ0n) is 44.0. The molecule has 21 heteroatoms. The Labute approximate surface area is 496 Å². The van der Waals surface area contributed by atoms with Crippen LogP contribution in [0.2, 0.25) is 0 Å². The average Bonchev–Trinajstić information content (AvgIpc) is 3.34. The summed E-state index contributed by atoms with van der Waals surface area (Å²) in [6.45, 7) is 22.4. The number of hydrogen-bond donors (Lipinski definition) is 10. The van der Waals surface area contributed by atoms with Crippen molar-refractivity contribution in [3.05, 3.63) is 101 Å². The molecule has 5 rings (SSSR count). The fourth-order valence-electron chi connectivity index (χ4n) is 8.30. The molecule has 2 heterocycles. The van der Waals surface area contributed by atoms with E-state index in [0.717, 1.165) is 176 Å². The lowest BCUT2D eigenvalue weighted by atomic mass is 10.1. The highest BCUT2D eigenvalue weighted by Gasteiger charge is 2.12. The standard InChI is InChI=1S/C28H54N8.C25H37NO4.8ClH/c1-9-29-15-17-31-13-3-21-35(23-19-33-11-1)25-27-5-7-28(8-6-27)26-36-22-4-14-32-18-16-30-10-2-12-34-20-24-36;27-20-23-18-22(13-14-24(23)28)25(29)19-26-15-7-1-2-8-16-30-17-9-6-12-21-10-4-3-5-11-21;;;;;;;;/h5-8,29-34H,1-4,9-26H2;3-5,10-11,13-14,18,25-29H,1-2,6-9,12,15-17,19-20H2;8*1H. The van der Waals surface area contributed by atoms with Crippen LogP contribution in [-0.2, 0) is 30.9 Å². The molecule has 0 radical (unpaired) electrons. The van der Waals surface area contributed by atoms with Gasteiger partial charge in [-0.1, -0.05) is 73.5 Å². The van der Waals surface area contributed by atoms with Crippen LogP contribution in [0.5, 0.6) is 5.75 Å². The summed E-state index contributed by atoms with van der Waals surface area (Å²) in [6.07, 6.45) is 12.0. The minimum absolute atomic E-state index is 0. The molecule has 436 valence electrons. The van der Waals surface area contributed by atoms with Crippen LogP contribution in [-0.4, -0.2) is 156 Å². The quantitative estimate of drug-likeness (QED) is 0.0499. The number of hydrogen-bond acceptors (Lipinski definition) is 13. The van der Waals surface area contributed by atoms with Gasteiger partial charge in [0.1, 0.15) is 5.75 Å². The molecule has 3 aromatic carbocycles. The Kier molecular flexibility index (Phi) is 63.3. The number of aromatic hydroxyl groups is 1. The summed E-state index contributed by atoms with van der Waals surface area (Å²) >= 11 is 0. The largest absolute Gasteiger partial charge is 0.508 e. The maximum atomic E-state index is 10.2. The Balaban J connectivity index is -0.000000392. The van der Waals surface area contributed by atoms with Crippen LogP contribution in [0, 0.1) is 0 Å². The number of nitrogens with zero attached hydrogens (tertiary/aromatic N) is 2. The summed E-state index contributed by atoms with van der Waals surface area (Å²) < 4.78 is 5.72. The number of unbranched alkanes of at least 4 members (excludes halogenated alkanes) is 4. The lowest BCUT2D eigenvalue weighted by Crippen LogP contribution is -2.36. The van der Waals surface area contributed by atoms with Gasteiger partial charge in [0.15, 0.2) is 0 Å². The molecule has 10 N–H and O–H groups in total. The van der Waals surface area contributed by atoms with Crippen LogP contribution < -0.4 is 37.2 Å². The first-order chi connectivity index (χ1) is 32.6.